The fourth-order valence-electron chi connectivity index (χ4n) is 3.13. The van der Waals surface area contributed by atoms with Gasteiger partial charge in [0, 0.05) is 42.1 Å². The summed E-state index contributed by atoms with van der Waals surface area (Å²) in [6, 6.07) is 14.2. The van der Waals surface area contributed by atoms with Crippen molar-refractivity contribution in [1.82, 2.24) is 4.57 Å². The molecule has 0 saturated carbocycles. The number of anilines is 2. The lowest BCUT2D eigenvalue weighted by Gasteiger charge is -2.22. The Morgan fingerprint density at radius 1 is 1.08 bits per heavy atom. The molecule has 5 heteroatoms. The Balaban J connectivity index is 1.92. The maximum Gasteiger partial charge on any atom is 0.330 e. The van der Waals surface area contributed by atoms with Crippen LogP contribution in [0.4, 0.5) is 16.2 Å². The first-order valence-electron chi connectivity index (χ1n) is 8.82. The van der Waals surface area contributed by atoms with Gasteiger partial charge in [0.15, 0.2) is 5.43 Å². The standard InChI is InChI=1S/C21H23N3O2/c1-4-23(5-2)16-10-11-18(15(3)14-16)22-21(26)24-13-12-20(25)17-8-6-7-9-19(17)24/h6-14H,4-5H2,1-3H3,(H,22,26). The molecule has 0 bridgehead atoms. The summed E-state index contributed by atoms with van der Waals surface area (Å²) in [5, 5.41) is 3.47. The van der Waals surface area contributed by atoms with Gasteiger partial charge >= 0.3 is 6.03 Å². The topological polar surface area (TPSA) is 54.3 Å². The Labute approximate surface area is 152 Å². The zero-order valence-electron chi connectivity index (χ0n) is 15.3. The van der Waals surface area contributed by atoms with Gasteiger partial charge in [-0.25, -0.2) is 4.79 Å². The van der Waals surface area contributed by atoms with Crippen molar-refractivity contribution in [1.29, 1.82) is 0 Å². The smallest absolute Gasteiger partial charge is 0.330 e. The van der Waals surface area contributed by atoms with Crippen molar-refractivity contribution in [3.8, 4) is 0 Å². The Morgan fingerprint density at radius 2 is 1.81 bits per heavy atom. The summed E-state index contributed by atoms with van der Waals surface area (Å²) in [6.45, 7) is 8.09. The van der Waals surface area contributed by atoms with Crippen LogP contribution in [0.3, 0.4) is 0 Å². The molecule has 5 nitrogen and oxygen atoms in total. The fraction of sp³-hybridized carbons (Fsp3) is 0.238. The third kappa shape index (κ3) is 3.33. The molecule has 1 N–H and O–H groups in total. The van der Waals surface area contributed by atoms with E-state index in [1.54, 1.807) is 18.2 Å². The molecule has 0 atom stereocenters. The lowest BCUT2D eigenvalue weighted by molar-refractivity contribution is 0.254. The van der Waals surface area contributed by atoms with Crippen molar-refractivity contribution in [2.45, 2.75) is 20.8 Å². The average molecular weight is 349 g/mol. The van der Waals surface area contributed by atoms with E-state index in [0.29, 0.717) is 10.9 Å². The minimum Gasteiger partial charge on any atom is -0.372 e. The van der Waals surface area contributed by atoms with E-state index in [1.165, 1.54) is 16.8 Å². The largest absolute Gasteiger partial charge is 0.372 e. The summed E-state index contributed by atoms with van der Waals surface area (Å²) in [4.78, 5) is 27.0. The van der Waals surface area contributed by atoms with E-state index in [0.717, 1.165) is 30.0 Å². The highest BCUT2D eigenvalue weighted by Gasteiger charge is 2.11. The minimum absolute atomic E-state index is 0.0931. The van der Waals surface area contributed by atoms with Gasteiger partial charge in [0.05, 0.1) is 5.52 Å². The molecule has 2 aromatic carbocycles. The molecular weight excluding hydrogens is 326 g/mol. The first-order chi connectivity index (χ1) is 12.5. The van der Waals surface area contributed by atoms with E-state index in [-0.39, 0.29) is 11.5 Å². The molecular formula is C21H23N3O2. The van der Waals surface area contributed by atoms with Crippen LogP contribution in [0, 0.1) is 6.92 Å². The number of benzene rings is 2. The van der Waals surface area contributed by atoms with Crippen LogP contribution in [-0.2, 0) is 0 Å². The number of pyridine rings is 1. The van der Waals surface area contributed by atoms with E-state index in [1.807, 2.05) is 25.1 Å². The predicted octanol–water partition coefficient (Wildman–Crippen LogP) is 4.24. The van der Waals surface area contributed by atoms with Crippen molar-refractivity contribution in [2.24, 2.45) is 0 Å². The van der Waals surface area contributed by atoms with Gasteiger partial charge in [-0.2, -0.15) is 0 Å². The molecule has 0 fully saturated rings. The number of rotatable bonds is 4. The second kappa shape index (κ2) is 7.44. The highest BCUT2D eigenvalue weighted by atomic mass is 16.2. The van der Waals surface area contributed by atoms with E-state index >= 15 is 0 Å². The first-order valence-corrected chi connectivity index (χ1v) is 8.82. The summed E-state index contributed by atoms with van der Waals surface area (Å²) >= 11 is 0. The number of hydrogen-bond acceptors (Lipinski definition) is 3. The molecule has 1 heterocycles. The van der Waals surface area contributed by atoms with Gasteiger partial charge in [-0.15, -0.1) is 0 Å². The van der Waals surface area contributed by atoms with Crippen molar-refractivity contribution in [3.63, 3.8) is 0 Å². The van der Waals surface area contributed by atoms with Crippen LogP contribution in [0.15, 0.2) is 59.5 Å². The number of amides is 1. The molecule has 0 aliphatic heterocycles. The maximum absolute atomic E-state index is 12.8. The third-order valence-corrected chi connectivity index (χ3v) is 4.60. The number of aryl methyl sites for hydroxylation is 1. The van der Waals surface area contributed by atoms with Crippen LogP contribution < -0.4 is 15.6 Å². The summed E-state index contributed by atoms with van der Waals surface area (Å²) in [6.07, 6.45) is 1.51. The number of carbonyl (C=O) groups is 1. The highest BCUT2D eigenvalue weighted by molar-refractivity contribution is 5.98. The van der Waals surface area contributed by atoms with E-state index < -0.39 is 0 Å². The predicted molar refractivity (Wildman–Crippen MR) is 107 cm³/mol. The summed E-state index contributed by atoms with van der Waals surface area (Å²) in [5.41, 5.74) is 3.39. The molecule has 134 valence electrons. The Kier molecular flexibility index (Phi) is 5.07. The monoisotopic (exact) mass is 349 g/mol. The first kappa shape index (κ1) is 17.7. The lowest BCUT2D eigenvalue weighted by Crippen LogP contribution is -2.23. The van der Waals surface area contributed by atoms with Crippen LogP contribution in [0.1, 0.15) is 19.4 Å². The van der Waals surface area contributed by atoms with Gasteiger partial charge < -0.3 is 10.2 Å². The number of fused-ring (bicyclic) bond motifs is 1. The fourth-order valence-corrected chi connectivity index (χ4v) is 3.13. The molecule has 1 amide bonds. The number of aromatic nitrogens is 1. The molecule has 3 aromatic rings. The molecule has 0 spiro atoms. The SMILES string of the molecule is CCN(CC)c1ccc(NC(=O)n2ccc(=O)c3ccccc32)c(C)c1. The quantitative estimate of drug-likeness (QED) is 0.767. The van der Waals surface area contributed by atoms with Crippen molar-refractivity contribution in [3.05, 3.63) is 70.5 Å². The zero-order chi connectivity index (χ0) is 18.7. The molecule has 0 unspecified atom stereocenters. The van der Waals surface area contributed by atoms with E-state index in [9.17, 15) is 9.59 Å². The number of hydrogen-bond donors (Lipinski definition) is 1. The van der Waals surface area contributed by atoms with E-state index in [2.05, 4.69) is 30.1 Å². The molecule has 26 heavy (non-hydrogen) atoms. The van der Waals surface area contributed by atoms with Crippen molar-refractivity contribution < 1.29 is 4.79 Å². The number of para-hydroxylation sites is 1. The molecule has 0 radical (unpaired) electrons. The molecule has 0 aliphatic rings. The minimum atomic E-state index is -0.292. The second-order valence-electron chi connectivity index (χ2n) is 6.17. The van der Waals surface area contributed by atoms with Crippen LogP contribution in [-0.4, -0.2) is 23.7 Å². The highest BCUT2D eigenvalue weighted by Crippen LogP contribution is 2.23. The maximum atomic E-state index is 12.8. The average Bonchev–Trinajstić information content (AvgIpc) is 2.65. The van der Waals surface area contributed by atoms with Gasteiger partial charge in [-0.05, 0) is 56.7 Å². The number of carbonyl (C=O) groups excluding carboxylic acids is 1. The Morgan fingerprint density at radius 3 is 2.50 bits per heavy atom. The molecule has 0 aliphatic carbocycles. The van der Waals surface area contributed by atoms with Crippen LogP contribution in [0.2, 0.25) is 0 Å². The normalized spacial score (nSPS) is 10.7. The van der Waals surface area contributed by atoms with Gasteiger partial charge in [0.1, 0.15) is 0 Å². The molecule has 1 aromatic heterocycles. The van der Waals surface area contributed by atoms with E-state index in [4.69, 9.17) is 0 Å². The van der Waals surface area contributed by atoms with Crippen LogP contribution in [0.25, 0.3) is 10.9 Å². The van der Waals surface area contributed by atoms with Crippen LogP contribution >= 0.6 is 0 Å². The molecule has 0 saturated heterocycles. The second-order valence-corrected chi connectivity index (χ2v) is 6.17. The van der Waals surface area contributed by atoms with Crippen molar-refractivity contribution >= 4 is 28.3 Å². The lowest BCUT2D eigenvalue weighted by atomic mass is 10.1. The number of nitrogens with zero attached hydrogens (tertiary/aromatic N) is 2. The van der Waals surface area contributed by atoms with Gasteiger partial charge in [0.25, 0.3) is 0 Å². The number of nitrogens with one attached hydrogen (secondary N) is 1. The summed E-state index contributed by atoms with van der Waals surface area (Å²) < 4.78 is 1.47. The Bertz CT molecular complexity index is 1000. The van der Waals surface area contributed by atoms with Crippen molar-refractivity contribution in [2.75, 3.05) is 23.3 Å². The van der Waals surface area contributed by atoms with Gasteiger partial charge in [-0.3, -0.25) is 9.36 Å². The van der Waals surface area contributed by atoms with Gasteiger partial charge in [-0.1, -0.05) is 12.1 Å². The Hall–Kier alpha value is -3.08. The third-order valence-electron chi connectivity index (χ3n) is 4.60. The summed E-state index contributed by atoms with van der Waals surface area (Å²) in [7, 11) is 0. The summed E-state index contributed by atoms with van der Waals surface area (Å²) in [5.74, 6) is 0. The zero-order valence-corrected chi connectivity index (χ0v) is 15.3. The molecule has 3 rings (SSSR count). The van der Waals surface area contributed by atoms with Crippen LogP contribution in [0.5, 0.6) is 0 Å². The van der Waals surface area contributed by atoms with Gasteiger partial charge in [0.2, 0.25) is 0 Å².